The Morgan fingerprint density at radius 2 is 1.62 bits per heavy atom. The van der Waals surface area contributed by atoms with Crippen LogP contribution in [-0.2, 0) is 0 Å². The van der Waals surface area contributed by atoms with E-state index in [-0.39, 0.29) is 0 Å². The first-order valence-electron chi connectivity index (χ1n) is 7.32. The van der Waals surface area contributed by atoms with Gasteiger partial charge in [-0.2, -0.15) is 0 Å². The highest BCUT2D eigenvalue weighted by Crippen LogP contribution is 2.16. The third kappa shape index (κ3) is 5.86. The SMILES string of the molecule is CCN(CC)CCCNC1CCCCCC1. The first kappa shape index (κ1) is 14.0. The predicted molar refractivity (Wildman–Crippen MR) is 71.9 cm³/mol. The molecular formula is C14H30N2. The van der Waals surface area contributed by atoms with Crippen LogP contribution in [-0.4, -0.2) is 37.1 Å². The van der Waals surface area contributed by atoms with E-state index in [0.29, 0.717) is 0 Å². The van der Waals surface area contributed by atoms with Crippen LogP contribution in [0.5, 0.6) is 0 Å². The van der Waals surface area contributed by atoms with E-state index in [4.69, 9.17) is 0 Å². The van der Waals surface area contributed by atoms with E-state index in [1.807, 2.05) is 0 Å². The molecule has 1 aliphatic carbocycles. The molecule has 1 saturated carbocycles. The molecular weight excluding hydrogens is 196 g/mol. The van der Waals surface area contributed by atoms with Gasteiger partial charge in [0.05, 0.1) is 0 Å². The number of nitrogens with one attached hydrogen (secondary N) is 1. The highest BCUT2D eigenvalue weighted by molar-refractivity contribution is 4.70. The van der Waals surface area contributed by atoms with Gasteiger partial charge in [-0.15, -0.1) is 0 Å². The Balaban J connectivity index is 2.00. The highest BCUT2D eigenvalue weighted by atomic mass is 15.1. The monoisotopic (exact) mass is 226 g/mol. The fourth-order valence-corrected chi connectivity index (χ4v) is 2.63. The van der Waals surface area contributed by atoms with Crippen LogP contribution >= 0.6 is 0 Å². The maximum atomic E-state index is 3.74. The number of rotatable bonds is 7. The van der Waals surface area contributed by atoms with Crippen molar-refractivity contribution in [2.75, 3.05) is 26.2 Å². The largest absolute Gasteiger partial charge is 0.314 e. The van der Waals surface area contributed by atoms with E-state index in [1.54, 1.807) is 0 Å². The highest BCUT2D eigenvalue weighted by Gasteiger charge is 2.10. The Bertz CT molecular complexity index is 147. The molecule has 0 radical (unpaired) electrons. The van der Waals surface area contributed by atoms with Gasteiger partial charge in [-0.25, -0.2) is 0 Å². The van der Waals surface area contributed by atoms with Gasteiger partial charge >= 0.3 is 0 Å². The van der Waals surface area contributed by atoms with Gasteiger partial charge in [0.1, 0.15) is 0 Å². The van der Waals surface area contributed by atoms with Crippen LogP contribution in [0.1, 0.15) is 58.8 Å². The van der Waals surface area contributed by atoms with E-state index < -0.39 is 0 Å². The van der Waals surface area contributed by atoms with E-state index in [1.165, 1.54) is 71.1 Å². The quantitative estimate of drug-likeness (QED) is 0.530. The molecule has 0 aromatic heterocycles. The number of hydrogen-bond donors (Lipinski definition) is 1. The summed E-state index contributed by atoms with van der Waals surface area (Å²) < 4.78 is 0. The van der Waals surface area contributed by atoms with Crippen molar-refractivity contribution in [2.45, 2.75) is 64.8 Å². The smallest absolute Gasteiger partial charge is 0.00670 e. The average molecular weight is 226 g/mol. The van der Waals surface area contributed by atoms with Crippen molar-refractivity contribution in [1.29, 1.82) is 0 Å². The van der Waals surface area contributed by atoms with Crippen molar-refractivity contribution in [1.82, 2.24) is 10.2 Å². The van der Waals surface area contributed by atoms with Crippen molar-refractivity contribution in [2.24, 2.45) is 0 Å². The van der Waals surface area contributed by atoms with Crippen LogP contribution in [0.4, 0.5) is 0 Å². The third-order valence-corrected chi connectivity index (χ3v) is 3.83. The van der Waals surface area contributed by atoms with Crippen molar-refractivity contribution < 1.29 is 0 Å². The summed E-state index contributed by atoms with van der Waals surface area (Å²) in [6, 6.07) is 0.819. The maximum Gasteiger partial charge on any atom is 0.00670 e. The van der Waals surface area contributed by atoms with E-state index in [9.17, 15) is 0 Å². The summed E-state index contributed by atoms with van der Waals surface area (Å²) >= 11 is 0. The second-order valence-electron chi connectivity index (χ2n) is 5.02. The minimum Gasteiger partial charge on any atom is -0.314 e. The summed E-state index contributed by atoms with van der Waals surface area (Å²) in [5.41, 5.74) is 0. The van der Waals surface area contributed by atoms with Gasteiger partial charge < -0.3 is 10.2 Å². The fraction of sp³-hybridized carbons (Fsp3) is 1.00. The van der Waals surface area contributed by atoms with Gasteiger partial charge in [-0.3, -0.25) is 0 Å². The number of nitrogens with zero attached hydrogens (tertiary/aromatic N) is 1. The Hall–Kier alpha value is -0.0800. The summed E-state index contributed by atoms with van der Waals surface area (Å²) in [5, 5.41) is 3.74. The molecule has 0 heterocycles. The lowest BCUT2D eigenvalue weighted by Gasteiger charge is -2.20. The van der Waals surface area contributed by atoms with E-state index in [0.717, 1.165) is 6.04 Å². The summed E-state index contributed by atoms with van der Waals surface area (Å²) in [5.74, 6) is 0. The zero-order valence-corrected chi connectivity index (χ0v) is 11.3. The van der Waals surface area contributed by atoms with Crippen LogP contribution < -0.4 is 5.32 Å². The molecule has 96 valence electrons. The van der Waals surface area contributed by atoms with Crippen LogP contribution in [0.3, 0.4) is 0 Å². The molecule has 0 aromatic carbocycles. The normalized spacial score (nSPS) is 18.9. The average Bonchev–Trinajstić information content (AvgIpc) is 2.58. The van der Waals surface area contributed by atoms with Gasteiger partial charge in [0.2, 0.25) is 0 Å². The molecule has 0 amide bonds. The van der Waals surface area contributed by atoms with Gasteiger partial charge in [-0.05, 0) is 45.4 Å². The fourth-order valence-electron chi connectivity index (χ4n) is 2.63. The Kier molecular flexibility index (Phi) is 7.87. The summed E-state index contributed by atoms with van der Waals surface area (Å²) in [4.78, 5) is 2.51. The van der Waals surface area contributed by atoms with Crippen LogP contribution in [0.15, 0.2) is 0 Å². The standard InChI is InChI=1S/C14H30N2/c1-3-16(4-2)13-9-12-15-14-10-7-5-6-8-11-14/h14-15H,3-13H2,1-2H3. The minimum absolute atomic E-state index is 0.819. The van der Waals surface area contributed by atoms with Crippen LogP contribution in [0.2, 0.25) is 0 Å². The first-order chi connectivity index (χ1) is 7.86. The molecule has 2 nitrogen and oxygen atoms in total. The Morgan fingerprint density at radius 1 is 1.00 bits per heavy atom. The summed E-state index contributed by atoms with van der Waals surface area (Å²) in [7, 11) is 0. The Labute approximate surface area is 102 Å². The van der Waals surface area contributed by atoms with Gasteiger partial charge in [0.15, 0.2) is 0 Å². The number of hydrogen-bond acceptors (Lipinski definition) is 2. The first-order valence-corrected chi connectivity index (χ1v) is 7.32. The maximum absolute atomic E-state index is 3.74. The molecule has 2 heteroatoms. The van der Waals surface area contributed by atoms with Gasteiger partial charge in [0, 0.05) is 6.04 Å². The van der Waals surface area contributed by atoms with E-state index >= 15 is 0 Å². The molecule has 1 N–H and O–H groups in total. The Morgan fingerprint density at radius 3 is 2.19 bits per heavy atom. The minimum atomic E-state index is 0.819. The third-order valence-electron chi connectivity index (χ3n) is 3.83. The van der Waals surface area contributed by atoms with Crippen molar-refractivity contribution >= 4 is 0 Å². The molecule has 1 rings (SSSR count). The molecule has 1 aliphatic rings. The summed E-state index contributed by atoms with van der Waals surface area (Å²) in [6.07, 6.45) is 9.91. The topological polar surface area (TPSA) is 15.3 Å². The van der Waals surface area contributed by atoms with Gasteiger partial charge in [-0.1, -0.05) is 39.5 Å². The van der Waals surface area contributed by atoms with Crippen molar-refractivity contribution in [3.63, 3.8) is 0 Å². The molecule has 0 bridgehead atoms. The van der Waals surface area contributed by atoms with Gasteiger partial charge in [0.25, 0.3) is 0 Å². The lowest BCUT2D eigenvalue weighted by atomic mass is 10.1. The second kappa shape index (κ2) is 9.00. The van der Waals surface area contributed by atoms with E-state index in [2.05, 4.69) is 24.1 Å². The summed E-state index contributed by atoms with van der Waals surface area (Å²) in [6.45, 7) is 9.36. The van der Waals surface area contributed by atoms with Crippen LogP contribution in [0, 0.1) is 0 Å². The molecule has 0 unspecified atom stereocenters. The molecule has 0 aromatic rings. The molecule has 0 atom stereocenters. The zero-order valence-electron chi connectivity index (χ0n) is 11.3. The molecule has 0 spiro atoms. The molecule has 1 fully saturated rings. The van der Waals surface area contributed by atoms with Crippen molar-refractivity contribution in [3.05, 3.63) is 0 Å². The lowest BCUT2D eigenvalue weighted by molar-refractivity contribution is 0.294. The molecule has 16 heavy (non-hydrogen) atoms. The van der Waals surface area contributed by atoms with Crippen molar-refractivity contribution in [3.8, 4) is 0 Å². The predicted octanol–water partition coefficient (Wildman–Crippen LogP) is 3.03. The molecule has 0 aliphatic heterocycles. The van der Waals surface area contributed by atoms with Crippen LogP contribution in [0.25, 0.3) is 0 Å². The lowest BCUT2D eigenvalue weighted by Crippen LogP contribution is -2.32. The zero-order chi connectivity index (χ0) is 11.6. The molecule has 0 saturated heterocycles. The second-order valence-corrected chi connectivity index (χ2v) is 5.02.